The van der Waals surface area contributed by atoms with E-state index >= 15 is 0 Å². The van der Waals surface area contributed by atoms with Gasteiger partial charge in [-0.2, -0.15) is 0 Å². The summed E-state index contributed by atoms with van der Waals surface area (Å²) in [7, 11) is 0. The number of thiazole rings is 1. The van der Waals surface area contributed by atoms with Gasteiger partial charge in [-0.25, -0.2) is 4.98 Å². The first-order valence-corrected chi connectivity index (χ1v) is 7.75. The molecular formula is C16H22N2S. The Morgan fingerprint density at radius 1 is 1.21 bits per heavy atom. The molecule has 102 valence electrons. The van der Waals surface area contributed by atoms with Crippen LogP contribution in [-0.2, 0) is 6.42 Å². The molecule has 1 atom stereocenters. The lowest BCUT2D eigenvalue weighted by molar-refractivity contribution is 0.590. The van der Waals surface area contributed by atoms with Gasteiger partial charge in [0.2, 0.25) is 0 Å². The molecule has 1 aromatic heterocycles. The van der Waals surface area contributed by atoms with Gasteiger partial charge < -0.3 is 5.32 Å². The Bertz CT molecular complexity index is 502. The van der Waals surface area contributed by atoms with Gasteiger partial charge in [-0.05, 0) is 32.4 Å². The molecule has 0 aliphatic heterocycles. The van der Waals surface area contributed by atoms with Crippen molar-refractivity contribution in [2.24, 2.45) is 0 Å². The third kappa shape index (κ3) is 4.15. The summed E-state index contributed by atoms with van der Waals surface area (Å²) in [4.78, 5) is 4.59. The van der Waals surface area contributed by atoms with Crippen molar-refractivity contribution in [1.82, 2.24) is 10.3 Å². The summed E-state index contributed by atoms with van der Waals surface area (Å²) in [5, 5.41) is 6.80. The number of nitrogens with zero attached hydrogens (tertiary/aromatic N) is 1. The standard InChI is InChI=1S/C16H22N2S/c1-4-17-10-15(9-16-11-19-13(3)18-16)14-7-5-12(2)6-8-14/h5-8,11,15,17H,4,9-10H2,1-3H3. The van der Waals surface area contributed by atoms with Crippen molar-refractivity contribution in [2.75, 3.05) is 13.1 Å². The number of nitrogens with one attached hydrogen (secondary N) is 1. The number of hydrogen-bond donors (Lipinski definition) is 1. The molecule has 0 saturated carbocycles. The first kappa shape index (κ1) is 14.2. The summed E-state index contributed by atoms with van der Waals surface area (Å²) in [6.45, 7) is 8.37. The first-order valence-electron chi connectivity index (χ1n) is 6.87. The van der Waals surface area contributed by atoms with Crippen molar-refractivity contribution in [2.45, 2.75) is 33.1 Å². The van der Waals surface area contributed by atoms with Gasteiger partial charge in [-0.3, -0.25) is 0 Å². The molecule has 0 saturated heterocycles. The molecule has 0 aliphatic carbocycles. The Hall–Kier alpha value is -1.19. The minimum atomic E-state index is 0.502. The van der Waals surface area contributed by atoms with Gasteiger partial charge >= 0.3 is 0 Å². The number of hydrogen-bond acceptors (Lipinski definition) is 3. The van der Waals surface area contributed by atoms with E-state index in [0.29, 0.717) is 5.92 Å². The highest BCUT2D eigenvalue weighted by molar-refractivity contribution is 7.09. The maximum atomic E-state index is 4.59. The smallest absolute Gasteiger partial charge is 0.0897 e. The molecule has 1 N–H and O–H groups in total. The second kappa shape index (κ2) is 6.83. The van der Waals surface area contributed by atoms with Crippen LogP contribution in [-0.4, -0.2) is 18.1 Å². The van der Waals surface area contributed by atoms with Crippen LogP contribution in [0.15, 0.2) is 29.6 Å². The molecule has 0 fully saturated rings. The van der Waals surface area contributed by atoms with Crippen molar-refractivity contribution in [3.05, 3.63) is 51.5 Å². The average molecular weight is 274 g/mol. The van der Waals surface area contributed by atoms with Crippen LogP contribution in [0.5, 0.6) is 0 Å². The van der Waals surface area contributed by atoms with Gasteiger partial charge in [0.1, 0.15) is 0 Å². The van der Waals surface area contributed by atoms with Crippen LogP contribution < -0.4 is 5.32 Å². The predicted molar refractivity (Wildman–Crippen MR) is 83.0 cm³/mol. The molecule has 0 radical (unpaired) electrons. The van der Waals surface area contributed by atoms with Crippen LogP contribution in [0.4, 0.5) is 0 Å². The van der Waals surface area contributed by atoms with Crippen molar-refractivity contribution >= 4 is 11.3 Å². The van der Waals surface area contributed by atoms with Crippen molar-refractivity contribution in [3.63, 3.8) is 0 Å². The molecule has 1 heterocycles. The quantitative estimate of drug-likeness (QED) is 0.869. The molecular weight excluding hydrogens is 252 g/mol. The number of aryl methyl sites for hydroxylation is 2. The third-order valence-corrected chi connectivity index (χ3v) is 4.13. The van der Waals surface area contributed by atoms with Crippen LogP contribution in [0, 0.1) is 13.8 Å². The van der Waals surface area contributed by atoms with Crippen molar-refractivity contribution in [1.29, 1.82) is 0 Å². The zero-order chi connectivity index (χ0) is 13.7. The Kier molecular flexibility index (Phi) is 5.11. The van der Waals surface area contributed by atoms with E-state index in [1.807, 2.05) is 0 Å². The maximum absolute atomic E-state index is 4.59. The van der Waals surface area contributed by atoms with Gasteiger partial charge in [0.15, 0.2) is 0 Å². The molecule has 1 unspecified atom stereocenters. The molecule has 3 heteroatoms. The normalized spacial score (nSPS) is 12.6. The predicted octanol–water partition coefficient (Wildman–Crippen LogP) is 3.70. The molecule has 0 bridgehead atoms. The second-order valence-electron chi connectivity index (χ2n) is 4.98. The van der Waals surface area contributed by atoms with E-state index < -0.39 is 0 Å². The summed E-state index contributed by atoms with van der Waals surface area (Å²) in [5.41, 5.74) is 3.93. The van der Waals surface area contributed by atoms with Gasteiger partial charge in [-0.1, -0.05) is 36.8 Å². The number of likely N-dealkylation sites (N-methyl/N-ethyl adjacent to an activating group) is 1. The SMILES string of the molecule is CCNCC(Cc1csc(C)n1)c1ccc(C)cc1. The lowest BCUT2D eigenvalue weighted by Gasteiger charge is -2.17. The monoisotopic (exact) mass is 274 g/mol. The minimum absolute atomic E-state index is 0.502. The summed E-state index contributed by atoms with van der Waals surface area (Å²) in [5.74, 6) is 0.502. The Balaban J connectivity index is 2.13. The summed E-state index contributed by atoms with van der Waals surface area (Å²) >= 11 is 1.74. The fourth-order valence-corrected chi connectivity index (χ4v) is 2.84. The Morgan fingerprint density at radius 3 is 2.53 bits per heavy atom. The molecule has 0 amide bonds. The summed E-state index contributed by atoms with van der Waals surface area (Å²) in [6.07, 6.45) is 1.01. The van der Waals surface area contributed by atoms with Crippen LogP contribution >= 0.6 is 11.3 Å². The first-order chi connectivity index (χ1) is 9.19. The molecule has 0 aliphatic rings. The van der Waals surface area contributed by atoms with Gasteiger partial charge in [0.25, 0.3) is 0 Å². The van der Waals surface area contributed by atoms with E-state index in [2.05, 4.69) is 60.7 Å². The van der Waals surface area contributed by atoms with Crippen LogP contribution in [0.1, 0.15) is 34.7 Å². The second-order valence-corrected chi connectivity index (χ2v) is 6.04. The Morgan fingerprint density at radius 2 is 1.95 bits per heavy atom. The molecule has 0 spiro atoms. The van der Waals surface area contributed by atoms with E-state index in [1.165, 1.54) is 16.8 Å². The Labute approximate surface area is 119 Å². The highest BCUT2D eigenvalue weighted by Crippen LogP contribution is 2.22. The van der Waals surface area contributed by atoms with E-state index in [1.54, 1.807) is 11.3 Å². The van der Waals surface area contributed by atoms with Gasteiger partial charge in [0.05, 0.1) is 10.7 Å². The lowest BCUT2D eigenvalue weighted by atomic mass is 9.93. The van der Waals surface area contributed by atoms with Crippen LogP contribution in [0.2, 0.25) is 0 Å². The van der Waals surface area contributed by atoms with Crippen LogP contribution in [0.25, 0.3) is 0 Å². The molecule has 2 nitrogen and oxygen atoms in total. The minimum Gasteiger partial charge on any atom is -0.316 e. The van der Waals surface area contributed by atoms with Gasteiger partial charge in [0, 0.05) is 17.8 Å². The van der Waals surface area contributed by atoms with Gasteiger partial charge in [-0.15, -0.1) is 11.3 Å². The lowest BCUT2D eigenvalue weighted by Crippen LogP contribution is -2.22. The molecule has 1 aromatic carbocycles. The largest absolute Gasteiger partial charge is 0.316 e. The fourth-order valence-electron chi connectivity index (χ4n) is 2.22. The summed E-state index contributed by atoms with van der Waals surface area (Å²) in [6, 6.07) is 8.88. The van der Waals surface area contributed by atoms with E-state index in [0.717, 1.165) is 24.5 Å². The molecule has 2 aromatic rings. The van der Waals surface area contributed by atoms with E-state index in [-0.39, 0.29) is 0 Å². The highest BCUT2D eigenvalue weighted by Gasteiger charge is 2.13. The molecule has 19 heavy (non-hydrogen) atoms. The molecule has 2 rings (SSSR count). The van der Waals surface area contributed by atoms with Crippen molar-refractivity contribution < 1.29 is 0 Å². The zero-order valence-electron chi connectivity index (χ0n) is 11.9. The van der Waals surface area contributed by atoms with Crippen LogP contribution in [0.3, 0.4) is 0 Å². The van der Waals surface area contributed by atoms with E-state index in [4.69, 9.17) is 0 Å². The van der Waals surface area contributed by atoms with E-state index in [9.17, 15) is 0 Å². The third-order valence-electron chi connectivity index (χ3n) is 3.31. The number of rotatable bonds is 6. The summed E-state index contributed by atoms with van der Waals surface area (Å²) < 4.78 is 0. The topological polar surface area (TPSA) is 24.9 Å². The fraction of sp³-hybridized carbons (Fsp3) is 0.438. The average Bonchev–Trinajstić information content (AvgIpc) is 2.81. The van der Waals surface area contributed by atoms with Crippen molar-refractivity contribution in [3.8, 4) is 0 Å². The maximum Gasteiger partial charge on any atom is 0.0897 e. The number of benzene rings is 1. The zero-order valence-corrected chi connectivity index (χ0v) is 12.8. The number of aromatic nitrogens is 1. The highest BCUT2D eigenvalue weighted by atomic mass is 32.1.